The maximum atomic E-state index is 4.66. The number of aromatic nitrogens is 3. The molecule has 0 saturated carbocycles. The minimum Gasteiger partial charge on any atom is -0.361 e. The fourth-order valence-electron chi connectivity index (χ4n) is 2.73. The first-order valence-electron chi connectivity index (χ1n) is 7.53. The van der Waals surface area contributed by atoms with E-state index in [1.807, 2.05) is 30.5 Å². The Balaban J connectivity index is 1.73. The third-order valence-corrected chi connectivity index (χ3v) is 3.80. The number of hydrogen-bond donors (Lipinski definition) is 2. The van der Waals surface area contributed by atoms with Crippen LogP contribution in [0.3, 0.4) is 0 Å². The van der Waals surface area contributed by atoms with Crippen molar-refractivity contribution in [3.63, 3.8) is 0 Å². The van der Waals surface area contributed by atoms with Gasteiger partial charge in [-0.3, -0.25) is 0 Å². The number of aromatic amines is 1. The molecule has 4 rings (SSSR count). The molecule has 0 spiro atoms. The molecule has 112 valence electrons. The Kier molecular flexibility index (Phi) is 3.27. The van der Waals surface area contributed by atoms with Crippen LogP contribution >= 0.6 is 0 Å². The maximum Gasteiger partial charge on any atom is 0.227 e. The van der Waals surface area contributed by atoms with Crippen LogP contribution in [0.1, 0.15) is 5.56 Å². The van der Waals surface area contributed by atoms with Gasteiger partial charge >= 0.3 is 0 Å². The Hall–Kier alpha value is -3.14. The summed E-state index contributed by atoms with van der Waals surface area (Å²) >= 11 is 0. The lowest BCUT2D eigenvalue weighted by molar-refractivity contribution is 1.17. The quantitative estimate of drug-likeness (QED) is 0.577. The fraction of sp³-hybridized carbons (Fsp3) is 0.0526. The van der Waals surface area contributed by atoms with Gasteiger partial charge in [0, 0.05) is 34.5 Å². The van der Waals surface area contributed by atoms with Crippen LogP contribution in [0.5, 0.6) is 0 Å². The molecule has 23 heavy (non-hydrogen) atoms. The molecule has 2 aromatic heterocycles. The van der Waals surface area contributed by atoms with E-state index >= 15 is 0 Å². The van der Waals surface area contributed by atoms with E-state index in [-0.39, 0.29) is 0 Å². The zero-order valence-corrected chi connectivity index (χ0v) is 12.7. The molecule has 0 fully saturated rings. The lowest BCUT2D eigenvalue weighted by Gasteiger charge is -2.08. The van der Waals surface area contributed by atoms with Crippen molar-refractivity contribution >= 4 is 22.5 Å². The minimum atomic E-state index is 0.598. The minimum absolute atomic E-state index is 0.598. The summed E-state index contributed by atoms with van der Waals surface area (Å²) in [6.07, 6.45) is 3.73. The van der Waals surface area contributed by atoms with Crippen LogP contribution in [0, 0.1) is 6.92 Å². The molecule has 0 saturated heterocycles. The maximum absolute atomic E-state index is 4.66. The van der Waals surface area contributed by atoms with E-state index in [2.05, 4.69) is 57.5 Å². The van der Waals surface area contributed by atoms with Crippen molar-refractivity contribution in [1.82, 2.24) is 15.0 Å². The highest BCUT2D eigenvalue weighted by Crippen LogP contribution is 2.27. The van der Waals surface area contributed by atoms with Crippen LogP contribution in [0.2, 0.25) is 0 Å². The summed E-state index contributed by atoms with van der Waals surface area (Å²) in [5, 5.41) is 4.43. The van der Waals surface area contributed by atoms with Crippen LogP contribution in [0.25, 0.3) is 22.2 Å². The van der Waals surface area contributed by atoms with E-state index in [1.165, 1.54) is 5.56 Å². The zero-order valence-electron chi connectivity index (χ0n) is 12.7. The number of nitrogens with one attached hydrogen (secondary N) is 2. The Bertz CT molecular complexity index is 972. The Morgan fingerprint density at radius 1 is 1.00 bits per heavy atom. The predicted octanol–water partition coefficient (Wildman–Crippen LogP) is 4.68. The summed E-state index contributed by atoms with van der Waals surface area (Å²) in [5.74, 6) is 0.598. The standard InChI is InChI=1S/C19H16N4/c1-13-4-2-5-14(12-13)22-19-21-11-9-18(23-19)15-6-3-7-17-16(15)8-10-20-17/h2-12,20H,1H3,(H,21,22,23). The average Bonchev–Trinajstić information content (AvgIpc) is 3.03. The topological polar surface area (TPSA) is 53.6 Å². The average molecular weight is 300 g/mol. The number of anilines is 2. The SMILES string of the molecule is Cc1cccc(Nc2nccc(-c3cccc4[nH]ccc34)n2)c1. The smallest absolute Gasteiger partial charge is 0.227 e. The highest BCUT2D eigenvalue weighted by Gasteiger charge is 2.07. The Morgan fingerprint density at radius 2 is 1.91 bits per heavy atom. The van der Waals surface area contributed by atoms with Crippen molar-refractivity contribution in [3.05, 3.63) is 72.6 Å². The number of nitrogens with zero attached hydrogens (tertiary/aromatic N) is 2. The van der Waals surface area contributed by atoms with Gasteiger partial charge in [-0.1, -0.05) is 24.3 Å². The van der Waals surface area contributed by atoms with Crippen LogP contribution in [-0.4, -0.2) is 15.0 Å². The molecule has 0 aliphatic heterocycles. The lowest BCUT2D eigenvalue weighted by atomic mass is 10.1. The van der Waals surface area contributed by atoms with Gasteiger partial charge in [-0.05, 0) is 42.8 Å². The van der Waals surface area contributed by atoms with Crippen molar-refractivity contribution in [3.8, 4) is 11.3 Å². The molecule has 0 bridgehead atoms. The van der Waals surface area contributed by atoms with E-state index in [0.29, 0.717) is 5.95 Å². The molecule has 0 amide bonds. The summed E-state index contributed by atoms with van der Waals surface area (Å²) in [6.45, 7) is 2.06. The van der Waals surface area contributed by atoms with Crippen LogP contribution in [0.4, 0.5) is 11.6 Å². The largest absolute Gasteiger partial charge is 0.361 e. The van der Waals surface area contributed by atoms with Crippen molar-refractivity contribution in [2.75, 3.05) is 5.32 Å². The number of H-pyrrole nitrogens is 1. The summed E-state index contributed by atoms with van der Waals surface area (Å²) in [7, 11) is 0. The molecule has 2 heterocycles. The molecule has 0 atom stereocenters. The van der Waals surface area contributed by atoms with Gasteiger partial charge < -0.3 is 10.3 Å². The molecule has 4 aromatic rings. The monoisotopic (exact) mass is 300 g/mol. The molecular formula is C19H16N4. The highest BCUT2D eigenvalue weighted by molar-refractivity contribution is 5.94. The van der Waals surface area contributed by atoms with E-state index in [0.717, 1.165) is 27.8 Å². The molecule has 0 radical (unpaired) electrons. The third-order valence-electron chi connectivity index (χ3n) is 3.80. The van der Waals surface area contributed by atoms with Gasteiger partial charge in [-0.2, -0.15) is 0 Å². The molecule has 0 unspecified atom stereocenters. The van der Waals surface area contributed by atoms with E-state index < -0.39 is 0 Å². The van der Waals surface area contributed by atoms with Gasteiger partial charge in [0.1, 0.15) is 0 Å². The van der Waals surface area contributed by atoms with Crippen molar-refractivity contribution in [2.45, 2.75) is 6.92 Å². The number of aryl methyl sites for hydroxylation is 1. The molecule has 0 aliphatic carbocycles. The first-order valence-corrected chi connectivity index (χ1v) is 7.53. The lowest BCUT2D eigenvalue weighted by Crippen LogP contribution is -1.98. The second-order valence-electron chi connectivity index (χ2n) is 5.50. The fourth-order valence-corrected chi connectivity index (χ4v) is 2.73. The van der Waals surface area contributed by atoms with Crippen molar-refractivity contribution in [1.29, 1.82) is 0 Å². The molecule has 4 nitrogen and oxygen atoms in total. The zero-order chi connectivity index (χ0) is 15.6. The summed E-state index contributed by atoms with van der Waals surface area (Å²) in [5.41, 5.74) is 5.29. The normalized spacial score (nSPS) is 10.8. The first-order chi connectivity index (χ1) is 11.3. The Morgan fingerprint density at radius 3 is 2.83 bits per heavy atom. The summed E-state index contributed by atoms with van der Waals surface area (Å²) in [6, 6.07) is 18.3. The molecule has 4 heteroatoms. The third kappa shape index (κ3) is 2.66. The van der Waals surface area contributed by atoms with Gasteiger partial charge in [0.05, 0.1) is 5.69 Å². The van der Waals surface area contributed by atoms with Gasteiger partial charge in [-0.15, -0.1) is 0 Å². The van der Waals surface area contributed by atoms with Gasteiger partial charge in [0.15, 0.2) is 0 Å². The van der Waals surface area contributed by atoms with Crippen LogP contribution in [0.15, 0.2) is 67.0 Å². The molecule has 0 aliphatic rings. The second-order valence-corrected chi connectivity index (χ2v) is 5.50. The highest BCUT2D eigenvalue weighted by atomic mass is 15.1. The predicted molar refractivity (Wildman–Crippen MR) is 93.8 cm³/mol. The molecule has 2 N–H and O–H groups in total. The van der Waals surface area contributed by atoms with Crippen LogP contribution < -0.4 is 5.32 Å². The van der Waals surface area contributed by atoms with Gasteiger partial charge in [0.25, 0.3) is 0 Å². The number of benzene rings is 2. The van der Waals surface area contributed by atoms with E-state index in [9.17, 15) is 0 Å². The molecule has 2 aromatic carbocycles. The van der Waals surface area contributed by atoms with E-state index in [4.69, 9.17) is 0 Å². The van der Waals surface area contributed by atoms with Crippen molar-refractivity contribution < 1.29 is 0 Å². The summed E-state index contributed by atoms with van der Waals surface area (Å²) in [4.78, 5) is 12.2. The van der Waals surface area contributed by atoms with Gasteiger partial charge in [0.2, 0.25) is 5.95 Å². The number of rotatable bonds is 3. The number of fused-ring (bicyclic) bond motifs is 1. The second kappa shape index (κ2) is 5.57. The van der Waals surface area contributed by atoms with Crippen LogP contribution in [-0.2, 0) is 0 Å². The van der Waals surface area contributed by atoms with Gasteiger partial charge in [-0.25, -0.2) is 9.97 Å². The van der Waals surface area contributed by atoms with Crippen molar-refractivity contribution in [2.24, 2.45) is 0 Å². The Labute approximate surface area is 134 Å². The van der Waals surface area contributed by atoms with E-state index in [1.54, 1.807) is 6.20 Å². The number of hydrogen-bond acceptors (Lipinski definition) is 3. The first kappa shape index (κ1) is 13.5. The molecular weight excluding hydrogens is 284 g/mol. The summed E-state index contributed by atoms with van der Waals surface area (Å²) < 4.78 is 0.